The Morgan fingerprint density at radius 3 is 2.52 bits per heavy atom. The van der Waals surface area contributed by atoms with E-state index in [0.717, 1.165) is 5.56 Å². The lowest BCUT2D eigenvalue weighted by atomic mass is 10.1. The number of aryl methyl sites for hydroxylation is 1. The number of methoxy groups -OCH3 is 1. The monoisotopic (exact) mass is 320 g/mol. The Morgan fingerprint density at radius 1 is 1.13 bits per heavy atom. The molecule has 0 aliphatic rings. The summed E-state index contributed by atoms with van der Waals surface area (Å²) < 4.78 is 14.4. The molecule has 1 aromatic carbocycles. The maximum atomic E-state index is 11.9. The van der Waals surface area contributed by atoms with Gasteiger partial charge in [-0.15, -0.1) is 0 Å². The highest BCUT2D eigenvalue weighted by atomic mass is 16.6. The first-order chi connectivity index (χ1) is 10.9. The van der Waals surface area contributed by atoms with Crippen molar-refractivity contribution in [2.75, 3.05) is 26.9 Å². The van der Waals surface area contributed by atoms with E-state index in [9.17, 15) is 14.4 Å². The van der Waals surface area contributed by atoms with Gasteiger partial charge in [0.05, 0.1) is 13.0 Å². The molecule has 0 radical (unpaired) electrons. The van der Waals surface area contributed by atoms with E-state index in [-0.39, 0.29) is 31.0 Å². The average Bonchev–Trinajstić information content (AvgIpc) is 2.52. The van der Waals surface area contributed by atoms with Crippen LogP contribution in [-0.4, -0.2) is 44.7 Å². The number of rotatable bonds is 9. The first kappa shape index (κ1) is 18.6. The molecular formula is C17H20O6. The third-order valence-corrected chi connectivity index (χ3v) is 2.87. The number of hydrogen-bond acceptors (Lipinski definition) is 6. The van der Waals surface area contributed by atoms with E-state index >= 15 is 0 Å². The highest BCUT2D eigenvalue weighted by Gasteiger charge is 2.16. The Balaban J connectivity index is 2.39. The highest BCUT2D eigenvalue weighted by Crippen LogP contribution is 2.07. The quantitative estimate of drug-likeness (QED) is 0.299. The number of benzene rings is 1. The van der Waals surface area contributed by atoms with Crippen LogP contribution in [0, 0.1) is 6.92 Å². The van der Waals surface area contributed by atoms with Gasteiger partial charge < -0.3 is 14.2 Å². The fraction of sp³-hybridized carbons (Fsp3) is 0.353. The molecule has 1 rings (SSSR count). The maximum Gasteiger partial charge on any atom is 0.334 e. The zero-order valence-electron chi connectivity index (χ0n) is 13.3. The van der Waals surface area contributed by atoms with Crippen LogP contribution in [0.4, 0.5) is 0 Å². The van der Waals surface area contributed by atoms with Crippen LogP contribution in [0.2, 0.25) is 0 Å². The predicted molar refractivity (Wildman–Crippen MR) is 83.1 cm³/mol. The molecule has 0 aromatic heterocycles. The molecule has 1 aromatic rings. The summed E-state index contributed by atoms with van der Waals surface area (Å²) in [6.07, 6.45) is -0.290. The van der Waals surface area contributed by atoms with Crippen molar-refractivity contribution in [3.05, 3.63) is 47.5 Å². The van der Waals surface area contributed by atoms with Gasteiger partial charge in [0.1, 0.15) is 6.61 Å². The summed E-state index contributed by atoms with van der Waals surface area (Å²) in [6.45, 7) is 5.30. The van der Waals surface area contributed by atoms with Crippen LogP contribution in [0.1, 0.15) is 22.3 Å². The summed E-state index contributed by atoms with van der Waals surface area (Å²) in [5.41, 5.74) is 1.33. The third kappa shape index (κ3) is 6.88. The van der Waals surface area contributed by atoms with E-state index in [4.69, 9.17) is 14.2 Å². The molecule has 0 amide bonds. The van der Waals surface area contributed by atoms with Crippen LogP contribution >= 0.6 is 0 Å². The van der Waals surface area contributed by atoms with Gasteiger partial charge in [-0.25, -0.2) is 4.79 Å². The summed E-state index contributed by atoms with van der Waals surface area (Å²) >= 11 is 0. The first-order valence-corrected chi connectivity index (χ1v) is 7.03. The molecule has 0 saturated carbocycles. The number of esters is 2. The molecule has 124 valence electrons. The summed E-state index contributed by atoms with van der Waals surface area (Å²) in [5, 5.41) is 0. The van der Waals surface area contributed by atoms with Gasteiger partial charge in [-0.1, -0.05) is 30.3 Å². The molecule has 0 aliphatic carbocycles. The molecule has 6 nitrogen and oxygen atoms in total. The molecule has 0 saturated heterocycles. The molecule has 0 bridgehead atoms. The van der Waals surface area contributed by atoms with Gasteiger partial charge in [0.2, 0.25) is 0 Å². The van der Waals surface area contributed by atoms with Crippen LogP contribution in [0.25, 0.3) is 0 Å². The summed E-state index contributed by atoms with van der Waals surface area (Å²) in [4.78, 5) is 35.0. The fourth-order valence-electron chi connectivity index (χ4n) is 1.67. The third-order valence-electron chi connectivity index (χ3n) is 2.87. The highest BCUT2D eigenvalue weighted by molar-refractivity contribution is 6.00. The molecule has 23 heavy (non-hydrogen) atoms. The van der Waals surface area contributed by atoms with Crippen LogP contribution in [0.3, 0.4) is 0 Å². The van der Waals surface area contributed by atoms with Crippen molar-refractivity contribution in [2.24, 2.45) is 0 Å². The second-order valence-electron chi connectivity index (χ2n) is 4.86. The Labute approximate surface area is 135 Å². The minimum Gasteiger partial charge on any atom is -0.463 e. The van der Waals surface area contributed by atoms with Crippen molar-refractivity contribution in [1.82, 2.24) is 0 Å². The molecule has 0 atom stereocenters. The lowest BCUT2D eigenvalue weighted by Crippen LogP contribution is -2.18. The Bertz CT molecular complexity index is 591. The normalized spacial score (nSPS) is 10.0. The van der Waals surface area contributed by atoms with Crippen molar-refractivity contribution in [3.8, 4) is 0 Å². The van der Waals surface area contributed by atoms with Crippen molar-refractivity contribution in [1.29, 1.82) is 0 Å². The van der Waals surface area contributed by atoms with Gasteiger partial charge in [0.25, 0.3) is 0 Å². The number of ether oxygens (including phenoxy) is 3. The van der Waals surface area contributed by atoms with E-state index < -0.39 is 18.5 Å². The van der Waals surface area contributed by atoms with Crippen LogP contribution in [-0.2, 0) is 23.8 Å². The number of ketones is 1. The van der Waals surface area contributed by atoms with Crippen molar-refractivity contribution in [2.45, 2.75) is 13.3 Å². The molecule has 0 heterocycles. The molecule has 6 heteroatoms. The number of hydrogen-bond donors (Lipinski definition) is 0. The lowest BCUT2D eigenvalue weighted by molar-refractivity contribution is -0.146. The van der Waals surface area contributed by atoms with E-state index in [2.05, 4.69) is 6.58 Å². The van der Waals surface area contributed by atoms with Crippen LogP contribution in [0.5, 0.6) is 0 Å². The average molecular weight is 320 g/mol. The van der Waals surface area contributed by atoms with Crippen molar-refractivity contribution < 1.29 is 28.6 Å². The second-order valence-corrected chi connectivity index (χ2v) is 4.86. The summed E-state index contributed by atoms with van der Waals surface area (Å²) in [7, 11) is 1.48. The van der Waals surface area contributed by atoms with Gasteiger partial charge in [0.15, 0.2) is 12.4 Å². The number of Topliss-reactive ketones (excluding diaryl/α,β-unsaturated/α-hetero) is 1. The molecule has 0 spiro atoms. The maximum absolute atomic E-state index is 11.9. The standard InChI is InChI=1S/C17H20O6/c1-12-5-4-6-14(9-12)15(18)11-23-17(20)13(2)10-16(19)22-8-7-21-3/h4-6,9H,2,7-8,10-11H2,1,3H3. The topological polar surface area (TPSA) is 78.9 Å². The molecular weight excluding hydrogens is 300 g/mol. The number of carbonyl (C=O) groups is 3. The zero-order valence-corrected chi connectivity index (χ0v) is 13.3. The van der Waals surface area contributed by atoms with Gasteiger partial charge in [0, 0.05) is 18.2 Å². The van der Waals surface area contributed by atoms with Gasteiger partial charge in [-0.3, -0.25) is 9.59 Å². The predicted octanol–water partition coefficient (Wildman–Crippen LogP) is 1.86. The second kappa shape index (κ2) is 9.53. The van der Waals surface area contributed by atoms with Crippen LogP contribution in [0.15, 0.2) is 36.4 Å². The summed E-state index contributed by atoms with van der Waals surface area (Å²) in [5.74, 6) is -1.72. The fourth-order valence-corrected chi connectivity index (χ4v) is 1.67. The van der Waals surface area contributed by atoms with E-state index in [1.807, 2.05) is 13.0 Å². The Morgan fingerprint density at radius 2 is 1.87 bits per heavy atom. The lowest BCUT2D eigenvalue weighted by Gasteiger charge is -2.07. The van der Waals surface area contributed by atoms with E-state index in [0.29, 0.717) is 5.56 Å². The van der Waals surface area contributed by atoms with Crippen molar-refractivity contribution in [3.63, 3.8) is 0 Å². The minimum absolute atomic E-state index is 0.0653. The largest absolute Gasteiger partial charge is 0.463 e. The molecule has 0 fully saturated rings. The Hall–Kier alpha value is -2.47. The first-order valence-electron chi connectivity index (χ1n) is 7.03. The van der Waals surface area contributed by atoms with Gasteiger partial charge in [-0.05, 0) is 13.0 Å². The van der Waals surface area contributed by atoms with E-state index in [1.54, 1.807) is 18.2 Å². The minimum atomic E-state index is -0.797. The summed E-state index contributed by atoms with van der Waals surface area (Å²) in [6, 6.07) is 6.96. The zero-order chi connectivity index (χ0) is 17.2. The van der Waals surface area contributed by atoms with Gasteiger partial charge in [-0.2, -0.15) is 0 Å². The smallest absolute Gasteiger partial charge is 0.334 e. The Kier molecular flexibility index (Phi) is 7.70. The van der Waals surface area contributed by atoms with Crippen molar-refractivity contribution >= 4 is 17.7 Å². The molecule has 0 unspecified atom stereocenters. The molecule has 0 aliphatic heterocycles. The SMILES string of the molecule is C=C(CC(=O)OCCOC)C(=O)OCC(=O)c1cccc(C)c1. The number of carbonyl (C=O) groups excluding carboxylic acids is 3. The van der Waals surface area contributed by atoms with Gasteiger partial charge >= 0.3 is 11.9 Å². The van der Waals surface area contributed by atoms with Crippen LogP contribution < -0.4 is 0 Å². The molecule has 0 N–H and O–H groups in total. The van der Waals surface area contributed by atoms with E-state index in [1.165, 1.54) is 7.11 Å².